The summed E-state index contributed by atoms with van der Waals surface area (Å²) in [4.78, 5) is 0. The van der Waals surface area contributed by atoms with Crippen LogP contribution in [0.3, 0.4) is 0 Å². The van der Waals surface area contributed by atoms with Crippen LogP contribution in [0, 0.1) is 29.6 Å². The number of halogens is 3. The van der Waals surface area contributed by atoms with Crippen molar-refractivity contribution in [2.45, 2.75) is 50.7 Å². The lowest BCUT2D eigenvalue weighted by molar-refractivity contribution is -0.135. The second-order valence-corrected chi connectivity index (χ2v) is 6.24. The zero-order valence-electron chi connectivity index (χ0n) is 9.92. The molecular formula is C13H20F3N. The normalized spacial score (nSPS) is 44.8. The molecule has 98 valence electrons. The highest BCUT2D eigenvalue weighted by Crippen LogP contribution is 2.70. The molecule has 4 heteroatoms. The van der Waals surface area contributed by atoms with Crippen LogP contribution in [-0.2, 0) is 0 Å². The van der Waals surface area contributed by atoms with E-state index in [0.717, 1.165) is 23.7 Å². The van der Waals surface area contributed by atoms with E-state index in [-0.39, 0.29) is 12.5 Å². The topological polar surface area (TPSA) is 26.0 Å². The predicted molar refractivity (Wildman–Crippen MR) is 59.2 cm³/mol. The number of alkyl halides is 3. The van der Waals surface area contributed by atoms with Crippen molar-refractivity contribution in [2.24, 2.45) is 35.3 Å². The Kier molecular flexibility index (Phi) is 2.69. The fourth-order valence-corrected chi connectivity index (χ4v) is 4.70. The standard InChI is InChI=1S/C13H20F3N/c14-13(15,16)5-1-2-9(17)12-10-7-3-4-8(6-7)11(10)12/h7-12H,1-6,17H2. The van der Waals surface area contributed by atoms with Gasteiger partial charge in [0.25, 0.3) is 0 Å². The van der Waals surface area contributed by atoms with E-state index in [9.17, 15) is 13.2 Å². The van der Waals surface area contributed by atoms with Crippen LogP contribution in [0.25, 0.3) is 0 Å². The molecule has 0 heterocycles. The van der Waals surface area contributed by atoms with E-state index in [1.165, 1.54) is 19.3 Å². The van der Waals surface area contributed by atoms with Gasteiger partial charge in [-0.1, -0.05) is 0 Å². The number of hydrogen-bond acceptors (Lipinski definition) is 1. The van der Waals surface area contributed by atoms with Gasteiger partial charge in [-0.15, -0.1) is 0 Å². The molecule has 17 heavy (non-hydrogen) atoms. The summed E-state index contributed by atoms with van der Waals surface area (Å²) in [5.41, 5.74) is 6.08. The average Bonchev–Trinajstić information content (AvgIpc) is 2.66. The van der Waals surface area contributed by atoms with Crippen molar-refractivity contribution in [2.75, 3.05) is 0 Å². The molecule has 0 aromatic rings. The van der Waals surface area contributed by atoms with E-state index < -0.39 is 12.6 Å². The number of hydrogen-bond donors (Lipinski definition) is 1. The minimum Gasteiger partial charge on any atom is -0.327 e. The summed E-state index contributed by atoms with van der Waals surface area (Å²) in [6.07, 6.45) is 0.136. The molecule has 3 rings (SSSR count). The molecular weight excluding hydrogens is 227 g/mol. The quantitative estimate of drug-likeness (QED) is 0.810. The number of fused-ring (bicyclic) bond motifs is 5. The maximum atomic E-state index is 12.0. The van der Waals surface area contributed by atoms with Crippen molar-refractivity contribution in [3.63, 3.8) is 0 Å². The molecule has 3 saturated carbocycles. The highest BCUT2D eigenvalue weighted by Gasteiger charge is 2.65. The smallest absolute Gasteiger partial charge is 0.327 e. The molecule has 0 aromatic heterocycles. The largest absolute Gasteiger partial charge is 0.389 e. The van der Waals surface area contributed by atoms with Crippen molar-refractivity contribution < 1.29 is 13.2 Å². The monoisotopic (exact) mass is 247 g/mol. The van der Waals surface area contributed by atoms with E-state index in [1.807, 2.05) is 0 Å². The average molecular weight is 247 g/mol. The third kappa shape index (κ3) is 2.09. The highest BCUT2D eigenvalue weighted by atomic mass is 19.4. The van der Waals surface area contributed by atoms with Crippen LogP contribution < -0.4 is 5.73 Å². The van der Waals surface area contributed by atoms with Crippen LogP contribution in [-0.4, -0.2) is 12.2 Å². The lowest BCUT2D eigenvalue weighted by Gasteiger charge is -2.16. The minimum atomic E-state index is -4.02. The summed E-state index contributed by atoms with van der Waals surface area (Å²) >= 11 is 0. The summed E-state index contributed by atoms with van der Waals surface area (Å²) in [7, 11) is 0. The molecule has 5 atom stereocenters. The lowest BCUT2D eigenvalue weighted by atomic mass is 9.95. The lowest BCUT2D eigenvalue weighted by Crippen LogP contribution is -2.26. The second-order valence-electron chi connectivity index (χ2n) is 6.24. The van der Waals surface area contributed by atoms with Crippen LogP contribution in [0.5, 0.6) is 0 Å². The first-order chi connectivity index (χ1) is 7.97. The van der Waals surface area contributed by atoms with Crippen LogP contribution >= 0.6 is 0 Å². The second kappa shape index (κ2) is 3.87. The Bertz CT molecular complexity index is 286. The molecule has 3 fully saturated rings. The first kappa shape index (κ1) is 11.8. The van der Waals surface area contributed by atoms with Gasteiger partial charge in [-0.25, -0.2) is 0 Å². The van der Waals surface area contributed by atoms with Gasteiger partial charge in [-0.2, -0.15) is 13.2 Å². The van der Waals surface area contributed by atoms with E-state index in [2.05, 4.69) is 0 Å². The molecule has 3 aliphatic rings. The zero-order chi connectivity index (χ0) is 12.2. The van der Waals surface area contributed by atoms with Gasteiger partial charge in [-0.3, -0.25) is 0 Å². The van der Waals surface area contributed by atoms with Gasteiger partial charge in [0.2, 0.25) is 0 Å². The summed E-state index contributed by atoms with van der Waals surface area (Å²) in [5.74, 6) is 3.87. The predicted octanol–water partition coefficient (Wildman–Crippen LogP) is 3.34. The van der Waals surface area contributed by atoms with Crippen LogP contribution in [0.2, 0.25) is 0 Å². The van der Waals surface area contributed by atoms with Crippen molar-refractivity contribution in [3.8, 4) is 0 Å². The summed E-state index contributed by atoms with van der Waals surface area (Å²) < 4.78 is 36.1. The summed E-state index contributed by atoms with van der Waals surface area (Å²) in [5, 5.41) is 0. The van der Waals surface area contributed by atoms with E-state index >= 15 is 0 Å². The van der Waals surface area contributed by atoms with E-state index in [4.69, 9.17) is 5.73 Å². The zero-order valence-corrected chi connectivity index (χ0v) is 9.92. The molecule has 0 radical (unpaired) electrons. The Hall–Kier alpha value is -0.250. The van der Waals surface area contributed by atoms with Crippen molar-refractivity contribution in [3.05, 3.63) is 0 Å². The van der Waals surface area contributed by atoms with Crippen LogP contribution in [0.15, 0.2) is 0 Å². The van der Waals surface area contributed by atoms with Gasteiger partial charge in [-0.05, 0) is 61.7 Å². The van der Waals surface area contributed by atoms with Gasteiger partial charge >= 0.3 is 6.18 Å². The maximum Gasteiger partial charge on any atom is 0.389 e. The van der Waals surface area contributed by atoms with Crippen LogP contribution in [0.1, 0.15) is 38.5 Å². The first-order valence-corrected chi connectivity index (χ1v) is 6.80. The molecule has 0 aliphatic heterocycles. The third-order valence-electron chi connectivity index (χ3n) is 5.29. The Morgan fingerprint density at radius 1 is 1.12 bits per heavy atom. The summed E-state index contributed by atoms with van der Waals surface area (Å²) in [6.45, 7) is 0. The SMILES string of the molecule is NC(CCCC(F)(F)F)C1C2C3CCC(C3)C12. The minimum absolute atomic E-state index is 0.0238. The summed E-state index contributed by atoms with van der Waals surface area (Å²) in [6, 6.07) is 0.0238. The molecule has 2 N–H and O–H groups in total. The first-order valence-electron chi connectivity index (χ1n) is 6.80. The maximum absolute atomic E-state index is 12.0. The van der Waals surface area contributed by atoms with E-state index in [0.29, 0.717) is 12.3 Å². The molecule has 0 saturated heterocycles. The van der Waals surface area contributed by atoms with Gasteiger partial charge in [0.15, 0.2) is 0 Å². The van der Waals surface area contributed by atoms with E-state index in [1.54, 1.807) is 0 Å². The van der Waals surface area contributed by atoms with Gasteiger partial charge in [0, 0.05) is 12.5 Å². The van der Waals surface area contributed by atoms with Crippen molar-refractivity contribution in [1.29, 1.82) is 0 Å². The molecule has 0 spiro atoms. The highest BCUT2D eigenvalue weighted by molar-refractivity contribution is 5.15. The molecule has 5 unspecified atom stereocenters. The Morgan fingerprint density at radius 2 is 1.71 bits per heavy atom. The Balaban J connectivity index is 1.45. The fraction of sp³-hybridized carbons (Fsp3) is 1.00. The van der Waals surface area contributed by atoms with Gasteiger partial charge in [0.1, 0.15) is 0 Å². The third-order valence-corrected chi connectivity index (χ3v) is 5.29. The van der Waals surface area contributed by atoms with Gasteiger partial charge < -0.3 is 5.73 Å². The molecule has 3 aliphatic carbocycles. The molecule has 2 bridgehead atoms. The number of rotatable bonds is 4. The fourth-order valence-electron chi connectivity index (χ4n) is 4.70. The Morgan fingerprint density at radius 3 is 2.24 bits per heavy atom. The molecule has 0 aromatic carbocycles. The van der Waals surface area contributed by atoms with Crippen molar-refractivity contribution >= 4 is 0 Å². The molecule has 0 amide bonds. The van der Waals surface area contributed by atoms with Crippen molar-refractivity contribution in [1.82, 2.24) is 0 Å². The Labute approximate surface area is 99.9 Å². The van der Waals surface area contributed by atoms with Crippen LogP contribution in [0.4, 0.5) is 13.2 Å². The number of nitrogens with two attached hydrogens (primary N) is 1. The molecule has 1 nitrogen and oxygen atoms in total. The van der Waals surface area contributed by atoms with Gasteiger partial charge in [0.05, 0.1) is 0 Å².